The highest BCUT2D eigenvalue weighted by molar-refractivity contribution is 6.61. The molecule has 0 fully saturated rings. The largest absolute Gasteiger partial charge is 0.454 e. The zero-order valence-electron chi connectivity index (χ0n) is 5.72. The molecule has 1 heterocycles. The Balaban J connectivity index is 0.000000183. The van der Waals surface area contributed by atoms with Crippen molar-refractivity contribution in [3.63, 3.8) is 0 Å². The van der Waals surface area contributed by atoms with Gasteiger partial charge in [0, 0.05) is 11.6 Å². The SMILES string of the molecule is CCOC(=O)Cl.O=c1[nH]c1=O. The average molecular weight is 180 g/mol. The molecule has 0 saturated heterocycles. The molecule has 0 radical (unpaired) electrons. The fourth-order valence-corrected chi connectivity index (χ4v) is 0.294. The smallest absolute Gasteiger partial charge is 0.403 e. The number of H-pyrrole nitrogens is 1. The minimum Gasteiger partial charge on any atom is -0.454 e. The van der Waals surface area contributed by atoms with E-state index < -0.39 is 16.5 Å². The Morgan fingerprint density at radius 3 is 1.91 bits per heavy atom. The van der Waals surface area contributed by atoms with Crippen molar-refractivity contribution in [3.8, 4) is 0 Å². The van der Waals surface area contributed by atoms with Gasteiger partial charge in [0.1, 0.15) is 0 Å². The summed E-state index contributed by atoms with van der Waals surface area (Å²) in [6.07, 6.45) is 0. The number of ether oxygens (including phenoxy) is 1. The maximum atomic E-state index is 9.59. The van der Waals surface area contributed by atoms with Crippen LogP contribution in [0.4, 0.5) is 4.79 Å². The van der Waals surface area contributed by atoms with Gasteiger partial charge in [0.05, 0.1) is 6.61 Å². The van der Waals surface area contributed by atoms with E-state index in [1.807, 2.05) is 4.98 Å². The number of hydrogen-bond acceptors (Lipinski definition) is 4. The van der Waals surface area contributed by atoms with Crippen LogP contribution in [0.15, 0.2) is 9.59 Å². The van der Waals surface area contributed by atoms with Crippen molar-refractivity contribution in [3.05, 3.63) is 20.7 Å². The van der Waals surface area contributed by atoms with Gasteiger partial charge in [-0.05, 0) is 6.92 Å². The van der Waals surface area contributed by atoms with E-state index in [9.17, 15) is 14.4 Å². The van der Waals surface area contributed by atoms with Gasteiger partial charge in [0.25, 0.3) is 0 Å². The molecule has 0 aliphatic carbocycles. The fourth-order valence-electron chi connectivity index (χ4n) is 0.185. The first-order valence-corrected chi connectivity index (χ1v) is 3.13. The summed E-state index contributed by atoms with van der Waals surface area (Å²) < 4.78 is 4.17. The molecule has 1 aromatic heterocycles. The number of nitrogens with one attached hydrogen (secondary N) is 1. The minimum atomic E-state index is -0.738. The van der Waals surface area contributed by atoms with E-state index in [-0.39, 0.29) is 0 Å². The molecular weight excluding hydrogens is 174 g/mol. The Bertz CT molecular complexity index is 263. The lowest BCUT2D eigenvalue weighted by atomic mass is 10.9. The van der Waals surface area contributed by atoms with Crippen LogP contribution in [-0.4, -0.2) is 17.0 Å². The van der Waals surface area contributed by atoms with Crippen LogP contribution < -0.4 is 11.1 Å². The quantitative estimate of drug-likeness (QED) is 0.486. The number of halogens is 1. The summed E-state index contributed by atoms with van der Waals surface area (Å²) in [5, 5.41) is 0. The van der Waals surface area contributed by atoms with Gasteiger partial charge in [-0.15, -0.1) is 0 Å². The van der Waals surface area contributed by atoms with Gasteiger partial charge < -0.3 is 4.74 Å². The lowest BCUT2D eigenvalue weighted by Gasteiger charge is -1.86. The summed E-state index contributed by atoms with van der Waals surface area (Å²) in [5.74, 6) is 0. The number of aromatic nitrogens is 1. The summed E-state index contributed by atoms with van der Waals surface area (Å²) in [6.45, 7) is 2.04. The van der Waals surface area contributed by atoms with E-state index in [1.54, 1.807) is 6.92 Å². The van der Waals surface area contributed by atoms with Crippen molar-refractivity contribution in [1.82, 2.24) is 4.98 Å². The van der Waals surface area contributed by atoms with E-state index in [2.05, 4.69) is 4.74 Å². The van der Waals surface area contributed by atoms with E-state index in [1.165, 1.54) is 0 Å². The van der Waals surface area contributed by atoms with Gasteiger partial charge in [-0.2, -0.15) is 0 Å². The Morgan fingerprint density at radius 1 is 1.55 bits per heavy atom. The molecule has 0 amide bonds. The second-order valence-electron chi connectivity index (χ2n) is 1.45. The van der Waals surface area contributed by atoms with Crippen molar-refractivity contribution >= 4 is 17.0 Å². The molecule has 1 N–H and O–H groups in total. The van der Waals surface area contributed by atoms with Gasteiger partial charge in [-0.3, -0.25) is 14.6 Å². The molecule has 1 rings (SSSR count). The molecule has 0 saturated carbocycles. The van der Waals surface area contributed by atoms with Gasteiger partial charge in [-0.25, -0.2) is 4.79 Å². The minimum absolute atomic E-state index is 0.350. The standard InChI is InChI=1S/C3H5ClO2.C2HNO2/c1-2-6-3(4)5;4-1-2(5)3-1/h2H2,1H3;(H,3,4,5). The molecule has 62 valence electrons. The van der Waals surface area contributed by atoms with E-state index in [0.29, 0.717) is 6.61 Å². The highest BCUT2D eigenvalue weighted by atomic mass is 35.5. The molecular formula is C5H6ClNO4. The maximum absolute atomic E-state index is 9.59. The van der Waals surface area contributed by atoms with Crippen LogP contribution in [0.5, 0.6) is 0 Å². The van der Waals surface area contributed by atoms with Gasteiger partial charge >= 0.3 is 16.5 Å². The third-order valence-corrected chi connectivity index (χ3v) is 0.738. The van der Waals surface area contributed by atoms with E-state index >= 15 is 0 Å². The summed E-state index contributed by atoms with van der Waals surface area (Å²) in [4.78, 5) is 30.4. The van der Waals surface area contributed by atoms with Crippen molar-refractivity contribution in [2.24, 2.45) is 0 Å². The Morgan fingerprint density at radius 2 is 1.91 bits per heavy atom. The molecule has 6 heteroatoms. The van der Waals surface area contributed by atoms with Crippen LogP contribution in [0.2, 0.25) is 0 Å². The van der Waals surface area contributed by atoms with Gasteiger partial charge in [0.2, 0.25) is 0 Å². The summed E-state index contributed by atoms with van der Waals surface area (Å²) in [6, 6.07) is 0. The molecule has 0 aromatic carbocycles. The zero-order chi connectivity index (χ0) is 8.85. The van der Waals surface area contributed by atoms with Gasteiger partial charge in [0.15, 0.2) is 0 Å². The highest BCUT2D eigenvalue weighted by Gasteiger charge is 1.96. The van der Waals surface area contributed by atoms with Crippen molar-refractivity contribution in [2.75, 3.05) is 6.61 Å². The van der Waals surface area contributed by atoms with Crippen molar-refractivity contribution < 1.29 is 9.53 Å². The molecule has 11 heavy (non-hydrogen) atoms. The number of carbonyl (C=O) groups excluding carboxylic acids is 1. The summed E-state index contributed by atoms with van der Waals surface area (Å²) >= 11 is 4.72. The number of hydrogen-bond donors (Lipinski definition) is 1. The lowest BCUT2D eigenvalue weighted by Crippen LogP contribution is -1.89. The Hall–Kier alpha value is -1.10. The molecule has 5 nitrogen and oxygen atoms in total. The predicted octanol–water partition coefficient (Wildman–Crippen LogP) is -0.00760. The van der Waals surface area contributed by atoms with Crippen molar-refractivity contribution in [1.29, 1.82) is 0 Å². The first-order chi connectivity index (χ1) is 5.07. The maximum Gasteiger partial charge on any atom is 0.403 e. The van der Waals surface area contributed by atoms with E-state index in [4.69, 9.17) is 11.6 Å². The molecule has 0 spiro atoms. The third kappa shape index (κ3) is 6.79. The van der Waals surface area contributed by atoms with E-state index in [0.717, 1.165) is 0 Å². The lowest BCUT2D eigenvalue weighted by molar-refractivity contribution is 0.180. The molecule has 1 aromatic rings. The van der Waals surface area contributed by atoms with Crippen LogP contribution in [0, 0.1) is 0 Å². The number of rotatable bonds is 1. The van der Waals surface area contributed by atoms with Crippen LogP contribution >= 0.6 is 11.6 Å². The zero-order valence-corrected chi connectivity index (χ0v) is 6.47. The Kier molecular flexibility index (Phi) is 4.21. The molecule has 0 bridgehead atoms. The van der Waals surface area contributed by atoms with Crippen LogP contribution in [0.3, 0.4) is 0 Å². The third-order valence-electron chi connectivity index (χ3n) is 0.629. The topological polar surface area (TPSA) is 76.2 Å². The Labute approximate surface area is 66.6 Å². The van der Waals surface area contributed by atoms with Gasteiger partial charge in [-0.1, -0.05) is 0 Å². The molecule has 0 aliphatic heterocycles. The first kappa shape index (κ1) is 9.90. The van der Waals surface area contributed by atoms with Crippen molar-refractivity contribution in [2.45, 2.75) is 6.92 Å². The molecule has 0 unspecified atom stereocenters. The monoisotopic (exact) mass is 179 g/mol. The summed E-state index contributed by atoms with van der Waals surface area (Å²) in [7, 11) is 0. The average Bonchev–Trinajstić information content (AvgIpc) is 2.46. The highest BCUT2D eigenvalue weighted by Crippen LogP contribution is 1.82. The number of aromatic amines is 1. The predicted molar refractivity (Wildman–Crippen MR) is 38.6 cm³/mol. The first-order valence-electron chi connectivity index (χ1n) is 2.75. The number of carbonyl (C=O) groups is 1. The van der Waals surface area contributed by atoms with Crippen LogP contribution in [0.1, 0.15) is 6.92 Å². The fraction of sp³-hybridized carbons (Fsp3) is 0.400. The normalized spacial score (nSPS) is 8.55. The second kappa shape index (κ2) is 4.68. The second-order valence-corrected chi connectivity index (χ2v) is 1.76. The van der Waals surface area contributed by atoms with Crippen LogP contribution in [-0.2, 0) is 4.74 Å². The van der Waals surface area contributed by atoms with Crippen LogP contribution in [0.25, 0.3) is 0 Å². The molecule has 0 aliphatic rings. The molecule has 0 atom stereocenters. The summed E-state index contributed by atoms with van der Waals surface area (Å²) in [5.41, 5.74) is -1.67.